The highest BCUT2D eigenvalue weighted by atomic mass is 16.5. The van der Waals surface area contributed by atoms with E-state index in [9.17, 15) is 25.2 Å². The van der Waals surface area contributed by atoms with Gasteiger partial charge in [-0.05, 0) is 25.8 Å². The molecule has 0 aromatic heterocycles. The van der Waals surface area contributed by atoms with Gasteiger partial charge in [0.15, 0.2) is 5.78 Å². The minimum Gasteiger partial charge on any atom is -0.507 e. The lowest BCUT2D eigenvalue weighted by molar-refractivity contribution is -0.129. The van der Waals surface area contributed by atoms with Gasteiger partial charge < -0.3 is 25.2 Å². The molecule has 22 heavy (non-hydrogen) atoms. The Morgan fingerprint density at radius 1 is 1.32 bits per heavy atom. The van der Waals surface area contributed by atoms with E-state index in [0.29, 0.717) is 5.75 Å². The second kappa shape index (κ2) is 4.94. The van der Waals surface area contributed by atoms with E-state index in [1.165, 1.54) is 26.2 Å². The number of aromatic hydroxyl groups is 1. The highest BCUT2D eigenvalue weighted by Crippen LogP contribution is 2.50. The van der Waals surface area contributed by atoms with Crippen LogP contribution < -0.4 is 4.74 Å². The van der Waals surface area contributed by atoms with Gasteiger partial charge in [0.05, 0.1) is 24.9 Å². The molecule has 0 unspecified atom stereocenters. The van der Waals surface area contributed by atoms with Gasteiger partial charge in [-0.1, -0.05) is 0 Å². The molecule has 0 bridgehead atoms. The van der Waals surface area contributed by atoms with Crippen LogP contribution >= 0.6 is 0 Å². The van der Waals surface area contributed by atoms with Crippen LogP contribution in [-0.2, 0) is 0 Å². The van der Waals surface area contributed by atoms with Gasteiger partial charge in [0.2, 0.25) is 0 Å². The lowest BCUT2D eigenvalue weighted by Crippen LogP contribution is -2.52. The van der Waals surface area contributed by atoms with Gasteiger partial charge in [-0.3, -0.25) is 4.79 Å². The van der Waals surface area contributed by atoms with Crippen LogP contribution in [0.5, 0.6) is 11.5 Å². The number of aliphatic hydroxyl groups excluding tert-OH is 2. The molecule has 2 aliphatic rings. The van der Waals surface area contributed by atoms with Gasteiger partial charge in [0.1, 0.15) is 11.5 Å². The molecule has 120 valence electrons. The molecule has 0 radical (unpaired) electrons. The zero-order valence-corrected chi connectivity index (χ0v) is 12.5. The Labute approximate surface area is 128 Å². The Bertz CT molecular complexity index is 623. The summed E-state index contributed by atoms with van der Waals surface area (Å²) in [4.78, 5) is 12.7. The quantitative estimate of drug-likeness (QED) is 0.610. The van der Waals surface area contributed by atoms with E-state index in [-0.39, 0.29) is 35.5 Å². The first-order chi connectivity index (χ1) is 10.3. The van der Waals surface area contributed by atoms with E-state index in [1.807, 2.05) is 0 Å². The number of ether oxygens (including phenoxy) is 1. The van der Waals surface area contributed by atoms with Gasteiger partial charge in [-0.25, -0.2) is 0 Å². The second-order valence-corrected chi connectivity index (χ2v) is 6.50. The van der Waals surface area contributed by atoms with Crippen molar-refractivity contribution in [3.8, 4) is 11.5 Å². The summed E-state index contributed by atoms with van der Waals surface area (Å²) in [6.07, 6.45) is -1.89. The third kappa shape index (κ3) is 2.10. The normalized spacial score (nSPS) is 37.4. The van der Waals surface area contributed by atoms with Crippen molar-refractivity contribution in [2.24, 2.45) is 11.8 Å². The number of ketones is 1. The van der Waals surface area contributed by atoms with Crippen molar-refractivity contribution in [3.63, 3.8) is 0 Å². The molecule has 6 nitrogen and oxygen atoms in total. The van der Waals surface area contributed by atoms with Gasteiger partial charge in [0, 0.05) is 29.0 Å². The van der Waals surface area contributed by atoms with Crippen LogP contribution in [0.2, 0.25) is 0 Å². The predicted molar refractivity (Wildman–Crippen MR) is 76.8 cm³/mol. The van der Waals surface area contributed by atoms with Crippen molar-refractivity contribution < 1.29 is 30.0 Å². The standard InChI is InChI=1S/C16H20O6/c1-16(21)6-10-8(5-12(16)18)15(20)13-9(14(10)19)3-7(22-2)4-11(13)17/h3-4,8,10,12,15,17-18,20-21H,5-6H2,1-2H3/t8-,10-,12+,15+,16-/m0/s1. The molecule has 0 aliphatic heterocycles. The van der Waals surface area contributed by atoms with Crippen LogP contribution in [0.15, 0.2) is 12.1 Å². The molecule has 0 saturated heterocycles. The number of hydrogen-bond acceptors (Lipinski definition) is 6. The number of fused-ring (bicyclic) bond motifs is 2. The van der Waals surface area contributed by atoms with Crippen LogP contribution in [0, 0.1) is 11.8 Å². The molecule has 1 aromatic rings. The molecular formula is C16H20O6. The number of Topliss-reactive ketones (excluding diaryl/α,β-unsaturated/α-hetero) is 1. The minimum absolute atomic E-state index is 0.0755. The van der Waals surface area contributed by atoms with Crippen molar-refractivity contribution in [2.75, 3.05) is 7.11 Å². The summed E-state index contributed by atoms with van der Waals surface area (Å²) in [5.74, 6) is -1.22. The molecule has 6 heteroatoms. The Morgan fingerprint density at radius 2 is 2.00 bits per heavy atom. The summed E-state index contributed by atoms with van der Waals surface area (Å²) in [7, 11) is 1.43. The molecule has 0 spiro atoms. The molecule has 0 heterocycles. The van der Waals surface area contributed by atoms with E-state index >= 15 is 0 Å². The van der Waals surface area contributed by atoms with Crippen LogP contribution in [0.4, 0.5) is 0 Å². The number of hydrogen-bond donors (Lipinski definition) is 4. The largest absolute Gasteiger partial charge is 0.507 e. The van der Waals surface area contributed by atoms with Crippen LogP contribution in [-0.4, -0.2) is 45.0 Å². The summed E-state index contributed by atoms with van der Waals surface area (Å²) >= 11 is 0. The topological polar surface area (TPSA) is 107 Å². The fourth-order valence-electron chi connectivity index (χ4n) is 3.70. The number of carbonyl (C=O) groups excluding carboxylic acids is 1. The van der Waals surface area contributed by atoms with Crippen molar-refractivity contribution in [2.45, 2.75) is 37.6 Å². The van der Waals surface area contributed by atoms with Gasteiger partial charge >= 0.3 is 0 Å². The number of benzene rings is 1. The minimum atomic E-state index is -1.37. The second-order valence-electron chi connectivity index (χ2n) is 6.50. The monoisotopic (exact) mass is 308 g/mol. The maximum absolute atomic E-state index is 12.7. The third-order valence-corrected chi connectivity index (χ3v) is 5.03. The van der Waals surface area contributed by atoms with Crippen LogP contribution in [0.3, 0.4) is 0 Å². The fourth-order valence-corrected chi connectivity index (χ4v) is 3.70. The predicted octanol–water partition coefficient (Wildman–Crippen LogP) is 0.769. The maximum atomic E-state index is 12.7. The van der Waals surface area contributed by atoms with E-state index < -0.39 is 29.6 Å². The number of aliphatic hydroxyl groups is 3. The maximum Gasteiger partial charge on any atom is 0.167 e. The van der Waals surface area contributed by atoms with Gasteiger partial charge in [-0.15, -0.1) is 0 Å². The number of carbonyl (C=O) groups is 1. The molecular weight excluding hydrogens is 288 g/mol. The number of rotatable bonds is 1. The Morgan fingerprint density at radius 3 is 2.64 bits per heavy atom. The molecule has 1 saturated carbocycles. The molecule has 1 aromatic carbocycles. The summed E-state index contributed by atoms with van der Waals surface area (Å²) < 4.78 is 5.06. The van der Waals surface area contributed by atoms with Gasteiger partial charge in [0.25, 0.3) is 0 Å². The molecule has 4 N–H and O–H groups in total. The van der Waals surface area contributed by atoms with Crippen molar-refractivity contribution >= 4 is 5.78 Å². The first-order valence-corrected chi connectivity index (χ1v) is 7.30. The van der Waals surface area contributed by atoms with E-state index in [2.05, 4.69) is 0 Å². The summed E-state index contributed by atoms with van der Waals surface area (Å²) in [5.41, 5.74) is -0.965. The number of phenols is 1. The number of phenolic OH excluding ortho intramolecular Hbond substituents is 1. The molecule has 1 fully saturated rings. The SMILES string of the molecule is COc1cc(O)c2c(c1)C(=O)[C@H]1C[C@](C)(O)[C@H](O)C[C@@H]1[C@H]2O. The van der Waals surface area contributed by atoms with E-state index in [4.69, 9.17) is 4.74 Å². The average molecular weight is 308 g/mol. The zero-order chi connectivity index (χ0) is 16.2. The molecule has 2 aliphatic carbocycles. The lowest BCUT2D eigenvalue weighted by atomic mass is 9.62. The van der Waals surface area contributed by atoms with E-state index in [0.717, 1.165) is 0 Å². The van der Waals surface area contributed by atoms with Crippen molar-refractivity contribution in [1.82, 2.24) is 0 Å². The smallest absolute Gasteiger partial charge is 0.167 e. The number of methoxy groups -OCH3 is 1. The highest BCUT2D eigenvalue weighted by molar-refractivity contribution is 6.02. The first-order valence-electron chi connectivity index (χ1n) is 7.30. The van der Waals surface area contributed by atoms with Crippen LogP contribution in [0.25, 0.3) is 0 Å². The highest BCUT2D eigenvalue weighted by Gasteiger charge is 2.52. The summed E-state index contributed by atoms with van der Waals surface area (Å²) in [6, 6.07) is 2.85. The van der Waals surface area contributed by atoms with Crippen LogP contribution in [0.1, 0.15) is 41.8 Å². The zero-order valence-electron chi connectivity index (χ0n) is 12.5. The molecule has 3 rings (SSSR count). The van der Waals surface area contributed by atoms with Crippen molar-refractivity contribution in [3.05, 3.63) is 23.3 Å². The Balaban J connectivity index is 2.10. The average Bonchev–Trinajstić information content (AvgIpc) is 2.46. The van der Waals surface area contributed by atoms with E-state index in [1.54, 1.807) is 0 Å². The third-order valence-electron chi connectivity index (χ3n) is 5.03. The first kappa shape index (κ1) is 15.3. The Kier molecular flexibility index (Phi) is 3.43. The van der Waals surface area contributed by atoms with Crippen molar-refractivity contribution in [1.29, 1.82) is 0 Å². The lowest BCUT2D eigenvalue weighted by Gasteiger charge is -2.46. The fraction of sp³-hybridized carbons (Fsp3) is 0.562. The molecule has 0 amide bonds. The summed E-state index contributed by atoms with van der Waals surface area (Å²) in [5, 5.41) is 40.9. The summed E-state index contributed by atoms with van der Waals surface area (Å²) in [6.45, 7) is 1.49. The Hall–Kier alpha value is -1.63. The molecule has 5 atom stereocenters. The van der Waals surface area contributed by atoms with Gasteiger partial charge in [-0.2, -0.15) is 0 Å².